The summed E-state index contributed by atoms with van der Waals surface area (Å²) in [6.07, 6.45) is 0. The molecule has 35 heavy (non-hydrogen) atoms. The number of aromatic nitrogens is 4. The summed E-state index contributed by atoms with van der Waals surface area (Å²) in [6, 6.07) is 24.8. The summed E-state index contributed by atoms with van der Waals surface area (Å²) < 4.78 is 3.46. The molecule has 0 unspecified atom stereocenters. The molecule has 0 atom stereocenters. The van der Waals surface area contributed by atoms with Crippen molar-refractivity contribution in [2.45, 2.75) is 32.0 Å². The number of thioether (sulfide) groups is 1. The maximum atomic E-state index is 13.5. The van der Waals surface area contributed by atoms with Crippen molar-refractivity contribution < 1.29 is 4.79 Å². The monoisotopic (exact) mass is 483 g/mol. The lowest BCUT2D eigenvalue weighted by Crippen LogP contribution is -2.38. The smallest absolute Gasteiger partial charge is 0.267 e. The Kier molecular flexibility index (Phi) is 6.13. The van der Waals surface area contributed by atoms with E-state index in [4.69, 9.17) is 0 Å². The van der Waals surface area contributed by atoms with Crippen LogP contribution in [0.1, 0.15) is 19.4 Å². The van der Waals surface area contributed by atoms with Crippen LogP contribution in [0.2, 0.25) is 0 Å². The van der Waals surface area contributed by atoms with Crippen molar-refractivity contribution in [3.63, 3.8) is 0 Å². The zero-order chi connectivity index (χ0) is 24.5. The fourth-order valence-corrected chi connectivity index (χ4v) is 5.12. The van der Waals surface area contributed by atoms with Crippen LogP contribution in [0.5, 0.6) is 0 Å². The third kappa shape index (κ3) is 4.10. The Morgan fingerprint density at radius 3 is 2.37 bits per heavy atom. The molecule has 0 spiro atoms. The van der Waals surface area contributed by atoms with Gasteiger partial charge in [-0.2, -0.15) is 0 Å². The van der Waals surface area contributed by atoms with Crippen LogP contribution in [-0.4, -0.2) is 36.9 Å². The van der Waals surface area contributed by atoms with Crippen molar-refractivity contribution in [3.8, 4) is 5.69 Å². The maximum absolute atomic E-state index is 13.5. The predicted molar refractivity (Wildman–Crippen MR) is 141 cm³/mol. The minimum Gasteiger partial charge on any atom is -0.309 e. The van der Waals surface area contributed by atoms with E-state index in [9.17, 15) is 9.59 Å². The van der Waals surface area contributed by atoms with Crippen molar-refractivity contribution >= 4 is 40.0 Å². The number of rotatable bonds is 6. The second-order valence-corrected chi connectivity index (χ2v) is 9.49. The molecule has 1 amide bonds. The van der Waals surface area contributed by atoms with Crippen LogP contribution in [0, 0.1) is 6.92 Å². The Balaban J connectivity index is 1.59. The van der Waals surface area contributed by atoms with E-state index in [1.165, 1.54) is 11.8 Å². The molecular formula is C27H25N5O2S. The van der Waals surface area contributed by atoms with Crippen molar-refractivity contribution in [2.24, 2.45) is 0 Å². The van der Waals surface area contributed by atoms with Gasteiger partial charge in [0, 0.05) is 11.7 Å². The molecule has 0 aliphatic rings. The molecule has 3 aromatic carbocycles. The number of anilines is 1. The van der Waals surface area contributed by atoms with Crippen LogP contribution in [0.15, 0.2) is 88.8 Å². The first-order valence-corrected chi connectivity index (χ1v) is 12.4. The van der Waals surface area contributed by atoms with Gasteiger partial charge in [0.2, 0.25) is 11.7 Å². The average Bonchev–Trinajstić information content (AvgIpc) is 3.28. The molecule has 5 aromatic rings. The van der Waals surface area contributed by atoms with Gasteiger partial charge < -0.3 is 4.90 Å². The van der Waals surface area contributed by atoms with Gasteiger partial charge >= 0.3 is 0 Å². The van der Waals surface area contributed by atoms with Gasteiger partial charge in [0.1, 0.15) is 0 Å². The largest absolute Gasteiger partial charge is 0.309 e. The number of carbonyl (C=O) groups excluding carboxylic acids is 1. The number of aryl methyl sites for hydroxylation is 1. The molecule has 0 saturated heterocycles. The number of amides is 1. The quantitative estimate of drug-likeness (QED) is 0.322. The van der Waals surface area contributed by atoms with E-state index in [1.54, 1.807) is 15.5 Å². The molecule has 0 bridgehead atoms. The zero-order valence-corrected chi connectivity index (χ0v) is 20.6. The Morgan fingerprint density at radius 1 is 0.943 bits per heavy atom. The normalized spacial score (nSPS) is 11.4. The van der Waals surface area contributed by atoms with E-state index in [0.29, 0.717) is 21.8 Å². The molecule has 0 aliphatic carbocycles. The van der Waals surface area contributed by atoms with Gasteiger partial charge in [-0.25, -0.2) is 4.57 Å². The third-order valence-corrected chi connectivity index (χ3v) is 6.81. The Morgan fingerprint density at radius 2 is 1.63 bits per heavy atom. The number of carbonyl (C=O) groups is 1. The summed E-state index contributed by atoms with van der Waals surface area (Å²) in [5.74, 6) is 0.581. The Bertz CT molecular complexity index is 1590. The molecule has 2 aromatic heterocycles. The van der Waals surface area contributed by atoms with Gasteiger partial charge in [0.05, 0.1) is 22.3 Å². The van der Waals surface area contributed by atoms with Crippen molar-refractivity contribution in [1.29, 1.82) is 0 Å². The van der Waals surface area contributed by atoms with E-state index < -0.39 is 0 Å². The summed E-state index contributed by atoms with van der Waals surface area (Å²) in [5.41, 5.74) is 3.12. The molecule has 176 valence electrons. The molecule has 0 saturated carbocycles. The standard InChI is InChI=1S/C27H25N5O2S/c1-18(2)30(20-12-5-4-6-13-20)24(33)17-35-27-29-28-26-31(22-15-9-7-11-19(22)3)25(34)21-14-8-10-16-23(21)32(26)27/h4-16,18H,17H2,1-3H3. The highest BCUT2D eigenvalue weighted by molar-refractivity contribution is 7.99. The fourth-order valence-electron chi connectivity index (χ4n) is 4.32. The molecule has 5 rings (SSSR count). The molecule has 0 aliphatic heterocycles. The van der Waals surface area contributed by atoms with Crippen LogP contribution >= 0.6 is 11.8 Å². The van der Waals surface area contributed by atoms with E-state index in [1.807, 2.05) is 98.0 Å². The van der Waals surface area contributed by atoms with Gasteiger partial charge in [-0.15, -0.1) is 10.2 Å². The first-order valence-electron chi connectivity index (χ1n) is 11.4. The van der Waals surface area contributed by atoms with Crippen molar-refractivity contribution in [2.75, 3.05) is 10.7 Å². The number of para-hydroxylation sites is 3. The number of hydrogen-bond donors (Lipinski definition) is 0. The maximum Gasteiger partial charge on any atom is 0.267 e. The lowest BCUT2D eigenvalue weighted by molar-refractivity contribution is -0.116. The topological polar surface area (TPSA) is 72.5 Å². The lowest BCUT2D eigenvalue weighted by Gasteiger charge is -2.26. The Hall–Kier alpha value is -3.91. The summed E-state index contributed by atoms with van der Waals surface area (Å²) >= 11 is 1.32. The lowest BCUT2D eigenvalue weighted by atomic mass is 10.2. The summed E-state index contributed by atoms with van der Waals surface area (Å²) in [7, 11) is 0. The van der Waals surface area contributed by atoms with Gasteiger partial charge in [-0.3, -0.25) is 14.0 Å². The minimum atomic E-state index is -0.155. The summed E-state index contributed by atoms with van der Waals surface area (Å²) in [6.45, 7) is 5.95. The second-order valence-electron chi connectivity index (χ2n) is 8.54. The van der Waals surface area contributed by atoms with E-state index >= 15 is 0 Å². The van der Waals surface area contributed by atoms with Gasteiger partial charge in [0.25, 0.3) is 5.56 Å². The highest BCUT2D eigenvalue weighted by Gasteiger charge is 2.22. The number of fused-ring (bicyclic) bond motifs is 3. The van der Waals surface area contributed by atoms with Gasteiger partial charge in [-0.1, -0.05) is 60.3 Å². The van der Waals surface area contributed by atoms with Crippen molar-refractivity contribution in [1.82, 2.24) is 19.2 Å². The number of nitrogens with zero attached hydrogens (tertiary/aromatic N) is 5. The molecule has 0 N–H and O–H groups in total. The fraction of sp³-hybridized carbons (Fsp3) is 0.185. The van der Waals surface area contributed by atoms with Crippen LogP contribution in [0.4, 0.5) is 5.69 Å². The van der Waals surface area contributed by atoms with E-state index in [2.05, 4.69) is 10.2 Å². The highest BCUT2D eigenvalue weighted by atomic mass is 32.2. The summed E-state index contributed by atoms with van der Waals surface area (Å²) in [5, 5.41) is 9.91. The molecule has 2 heterocycles. The minimum absolute atomic E-state index is 0.00714. The molecular weight excluding hydrogens is 458 g/mol. The Labute approximate surface area is 207 Å². The first kappa shape index (κ1) is 22.9. The molecule has 0 radical (unpaired) electrons. The third-order valence-electron chi connectivity index (χ3n) is 5.90. The number of benzene rings is 3. The highest BCUT2D eigenvalue weighted by Crippen LogP contribution is 2.25. The zero-order valence-electron chi connectivity index (χ0n) is 19.8. The van der Waals surface area contributed by atoms with Crippen LogP contribution in [0.3, 0.4) is 0 Å². The van der Waals surface area contributed by atoms with Crippen LogP contribution in [0.25, 0.3) is 22.4 Å². The van der Waals surface area contributed by atoms with Crippen molar-refractivity contribution in [3.05, 3.63) is 94.8 Å². The second kappa shape index (κ2) is 9.38. The molecule has 8 heteroatoms. The van der Waals surface area contributed by atoms with Gasteiger partial charge in [0.15, 0.2) is 5.16 Å². The molecule has 0 fully saturated rings. The number of hydrogen-bond acceptors (Lipinski definition) is 5. The van der Waals surface area contributed by atoms with Crippen LogP contribution < -0.4 is 10.5 Å². The average molecular weight is 484 g/mol. The SMILES string of the molecule is Cc1ccccc1-n1c(=O)c2ccccc2n2c(SCC(=O)N(c3ccccc3)C(C)C)nnc12. The predicted octanol–water partition coefficient (Wildman–Crippen LogP) is 4.88. The van der Waals surface area contributed by atoms with E-state index in [0.717, 1.165) is 16.9 Å². The summed E-state index contributed by atoms with van der Waals surface area (Å²) in [4.78, 5) is 28.6. The van der Waals surface area contributed by atoms with Gasteiger partial charge in [-0.05, 0) is 56.7 Å². The first-order chi connectivity index (χ1) is 17.0. The van der Waals surface area contributed by atoms with Crippen LogP contribution in [-0.2, 0) is 4.79 Å². The van der Waals surface area contributed by atoms with E-state index in [-0.39, 0.29) is 23.3 Å². The molecule has 7 nitrogen and oxygen atoms in total.